The van der Waals surface area contributed by atoms with E-state index in [1.54, 1.807) is 18.5 Å². The lowest BCUT2D eigenvalue weighted by molar-refractivity contribution is 0.102. The van der Waals surface area contributed by atoms with Gasteiger partial charge in [-0.15, -0.1) is 0 Å². The minimum absolute atomic E-state index is 0.209. The molecule has 0 bridgehead atoms. The van der Waals surface area contributed by atoms with Gasteiger partial charge in [0.2, 0.25) is 0 Å². The van der Waals surface area contributed by atoms with Crippen molar-refractivity contribution in [3.8, 4) is 11.5 Å². The first kappa shape index (κ1) is 18.3. The van der Waals surface area contributed by atoms with Crippen molar-refractivity contribution >= 4 is 23.0 Å². The number of carbonyl (C=O) groups excluding carboxylic acids is 1. The Morgan fingerprint density at radius 1 is 0.690 bits per heavy atom. The molecule has 4 rings (SSSR count). The lowest BCUT2D eigenvalue weighted by Gasteiger charge is -2.10. The molecular formula is C24H19N3O2. The highest BCUT2D eigenvalue weighted by atomic mass is 16.5. The van der Waals surface area contributed by atoms with Crippen molar-refractivity contribution < 1.29 is 9.53 Å². The summed E-state index contributed by atoms with van der Waals surface area (Å²) in [7, 11) is 0. The molecule has 3 aromatic carbocycles. The number of nitrogens with one attached hydrogen (secondary N) is 2. The van der Waals surface area contributed by atoms with Gasteiger partial charge < -0.3 is 15.4 Å². The molecule has 0 fully saturated rings. The van der Waals surface area contributed by atoms with E-state index in [-0.39, 0.29) is 5.91 Å². The second kappa shape index (κ2) is 8.71. The molecule has 0 atom stereocenters. The van der Waals surface area contributed by atoms with Crippen LogP contribution in [0.15, 0.2) is 103 Å². The average Bonchev–Trinajstić information content (AvgIpc) is 2.77. The third kappa shape index (κ3) is 4.99. The highest BCUT2D eigenvalue weighted by molar-refractivity contribution is 6.04. The van der Waals surface area contributed by atoms with E-state index in [1.807, 2.05) is 84.9 Å². The van der Waals surface area contributed by atoms with Crippen LogP contribution in [0.2, 0.25) is 0 Å². The number of aromatic nitrogens is 1. The fraction of sp³-hybridized carbons (Fsp3) is 0. The maximum Gasteiger partial charge on any atom is 0.257 e. The molecular weight excluding hydrogens is 362 g/mol. The number of nitrogens with zero attached hydrogens (tertiary/aromatic N) is 1. The van der Waals surface area contributed by atoms with E-state index in [9.17, 15) is 4.79 Å². The van der Waals surface area contributed by atoms with Gasteiger partial charge in [-0.05, 0) is 54.6 Å². The van der Waals surface area contributed by atoms with Crippen molar-refractivity contribution in [1.29, 1.82) is 0 Å². The van der Waals surface area contributed by atoms with Crippen LogP contribution < -0.4 is 15.4 Å². The summed E-state index contributed by atoms with van der Waals surface area (Å²) >= 11 is 0. The molecule has 0 aliphatic heterocycles. The normalized spacial score (nSPS) is 10.2. The second-order valence-electron chi connectivity index (χ2n) is 6.35. The SMILES string of the molecule is O=C(Nc1ccccc1)c1cncc(Nc2ccc(Oc3ccccc3)cc2)c1. The Balaban J connectivity index is 1.42. The highest BCUT2D eigenvalue weighted by Gasteiger charge is 2.08. The van der Waals surface area contributed by atoms with Crippen molar-refractivity contribution in [3.63, 3.8) is 0 Å². The molecule has 0 aliphatic carbocycles. The van der Waals surface area contributed by atoms with Crippen molar-refractivity contribution in [1.82, 2.24) is 4.98 Å². The zero-order chi connectivity index (χ0) is 19.9. The quantitative estimate of drug-likeness (QED) is 0.438. The fourth-order valence-electron chi connectivity index (χ4n) is 2.75. The Labute approximate surface area is 169 Å². The summed E-state index contributed by atoms with van der Waals surface area (Å²) < 4.78 is 5.80. The Kier molecular flexibility index (Phi) is 5.48. The zero-order valence-electron chi connectivity index (χ0n) is 15.6. The van der Waals surface area contributed by atoms with Crippen LogP contribution in [0.1, 0.15) is 10.4 Å². The Morgan fingerprint density at radius 3 is 2.07 bits per heavy atom. The maximum atomic E-state index is 12.4. The van der Waals surface area contributed by atoms with Crippen LogP contribution in [0.5, 0.6) is 11.5 Å². The van der Waals surface area contributed by atoms with Crippen molar-refractivity contribution in [2.45, 2.75) is 0 Å². The van der Waals surface area contributed by atoms with Gasteiger partial charge in [-0.25, -0.2) is 0 Å². The smallest absolute Gasteiger partial charge is 0.257 e. The van der Waals surface area contributed by atoms with Gasteiger partial charge in [-0.3, -0.25) is 9.78 Å². The molecule has 0 saturated heterocycles. The first-order chi connectivity index (χ1) is 14.3. The number of ether oxygens (including phenoxy) is 1. The molecule has 1 amide bonds. The molecule has 0 unspecified atom stereocenters. The Hall–Kier alpha value is -4.12. The zero-order valence-corrected chi connectivity index (χ0v) is 15.6. The first-order valence-corrected chi connectivity index (χ1v) is 9.18. The molecule has 0 aliphatic rings. The number of pyridine rings is 1. The van der Waals surface area contributed by atoms with Crippen molar-refractivity contribution in [2.24, 2.45) is 0 Å². The van der Waals surface area contributed by atoms with Gasteiger partial charge in [0.25, 0.3) is 5.91 Å². The number of rotatable bonds is 6. The van der Waals surface area contributed by atoms with Gasteiger partial charge in [-0.2, -0.15) is 0 Å². The molecule has 0 radical (unpaired) electrons. The van der Waals surface area contributed by atoms with Gasteiger partial charge in [0.05, 0.1) is 17.4 Å². The summed E-state index contributed by atoms with van der Waals surface area (Å²) in [5.74, 6) is 1.32. The van der Waals surface area contributed by atoms with Crippen molar-refractivity contribution in [2.75, 3.05) is 10.6 Å². The van der Waals surface area contributed by atoms with Gasteiger partial charge in [-0.1, -0.05) is 36.4 Å². The minimum Gasteiger partial charge on any atom is -0.457 e. The van der Waals surface area contributed by atoms with Crippen molar-refractivity contribution in [3.05, 3.63) is 109 Å². The molecule has 142 valence electrons. The van der Waals surface area contributed by atoms with Crippen LogP contribution in [0.4, 0.5) is 17.1 Å². The van der Waals surface area contributed by atoms with Crippen LogP contribution in [-0.4, -0.2) is 10.9 Å². The van der Waals surface area contributed by atoms with Gasteiger partial charge >= 0.3 is 0 Å². The van der Waals surface area contributed by atoms with E-state index in [4.69, 9.17) is 4.74 Å². The standard InChI is InChI=1S/C24H19N3O2/c28-24(27-19-7-3-1-4-8-19)18-15-21(17-25-16-18)26-20-11-13-23(14-12-20)29-22-9-5-2-6-10-22/h1-17,26H,(H,27,28). The van der Waals surface area contributed by atoms with E-state index in [0.29, 0.717) is 5.56 Å². The summed E-state index contributed by atoms with van der Waals surface area (Å²) in [5, 5.41) is 6.11. The second-order valence-corrected chi connectivity index (χ2v) is 6.35. The summed E-state index contributed by atoms with van der Waals surface area (Å²) in [5.41, 5.74) is 2.81. The minimum atomic E-state index is -0.209. The maximum absolute atomic E-state index is 12.4. The lowest BCUT2D eigenvalue weighted by Crippen LogP contribution is -2.12. The third-order valence-electron chi connectivity index (χ3n) is 4.15. The topological polar surface area (TPSA) is 63.2 Å². The third-order valence-corrected chi connectivity index (χ3v) is 4.15. The van der Waals surface area contributed by atoms with E-state index < -0.39 is 0 Å². The van der Waals surface area contributed by atoms with Crippen LogP contribution >= 0.6 is 0 Å². The number of hydrogen-bond acceptors (Lipinski definition) is 4. The van der Waals surface area contributed by atoms with Crippen LogP contribution in [0.3, 0.4) is 0 Å². The molecule has 0 saturated carbocycles. The number of carbonyl (C=O) groups is 1. The number of para-hydroxylation sites is 2. The average molecular weight is 381 g/mol. The molecule has 4 aromatic rings. The molecule has 1 heterocycles. The van der Waals surface area contributed by atoms with E-state index in [2.05, 4.69) is 15.6 Å². The monoisotopic (exact) mass is 381 g/mol. The van der Waals surface area contributed by atoms with Gasteiger partial charge in [0.1, 0.15) is 11.5 Å². The van der Waals surface area contributed by atoms with E-state index in [0.717, 1.165) is 28.6 Å². The molecule has 5 nitrogen and oxygen atoms in total. The van der Waals surface area contributed by atoms with Gasteiger partial charge in [0.15, 0.2) is 0 Å². The van der Waals surface area contributed by atoms with Crippen LogP contribution in [-0.2, 0) is 0 Å². The summed E-state index contributed by atoms with van der Waals surface area (Å²) in [4.78, 5) is 16.6. The molecule has 1 aromatic heterocycles. The molecule has 0 spiro atoms. The molecule has 5 heteroatoms. The number of anilines is 3. The Morgan fingerprint density at radius 2 is 1.34 bits per heavy atom. The number of hydrogen-bond donors (Lipinski definition) is 2. The van der Waals surface area contributed by atoms with Crippen LogP contribution in [0, 0.1) is 0 Å². The predicted octanol–water partition coefficient (Wildman–Crippen LogP) is 5.87. The molecule has 29 heavy (non-hydrogen) atoms. The van der Waals surface area contributed by atoms with Gasteiger partial charge in [0, 0.05) is 17.6 Å². The summed E-state index contributed by atoms with van der Waals surface area (Å²) in [6.07, 6.45) is 3.22. The largest absolute Gasteiger partial charge is 0.457 e. The predicted molar refractivity (Wildman–Crippen MR) is 115 cm³/mol. The summed E-state index contributed by atoms with van der Waals surface area (Å²) in [6, 6.07) is 28.3. The highest BCUT2D eigenvalue weighted by Crippen LogP contribution is 2.24. The fourth-order valence-corrected chi connectivity index (χ4v) is 2.75. The van der Waals surface area contributed by atoms with E-state index in [1.165, 1.54) is 0 Å². The lowest BCUT2D eigenvalue weighted by atomic mass is 10.2. The molecule has 2 N–H and O–H groups in total. The summed E-state index contributed by atoms with van der Waals surface area (Å²) in [6.45, 7) is 0. The Bertz CT molecular complexity index is 1080. The number of amides is 1. The number of benzene rings is 3. The first-order valence-electron chi connectivity index (χ1n) is 9.18. The van der Waals surface area contributed by atoms with Crippen LogP contribution in [0.25, 0.3) is 0 Å². The van der Waals surface area contributed by atoms with E-state index >= 15 is 0 Å².